The van der Waals surface area contributed by atoms with Gasteiger partial charge in [0.1, 0.15) is 5.82 Å². The molecule has 4 rings (SSSR count). The summed E-state index contributed by atoms with van der Waals surface area (Å²) in [6, 6.07) is 12.3. The largest absolute Gasteiger partial charge is 0.340 e. The first kappa shape index (κ1) is 22.4. The second kappa shape index (κ2) is 8.99. The van der Waals surface area contributed by atoms with Crippen molar-refractivity contribution >= 4 is 21.8 Å². The van der Waals surface area contributed by atoms with Gasteiger partial charge in [-0.2, -0.15) is 4.31 Å². The smallest absolute Gasteiger partial charge is 0.254 e. The molecule has 9 heteroatoms. The number of amides is 2. The highest BCUT2D eigenvalue weighted by molar-refractivity contribution is 7.89. The Labute approximate surface area is 187 Å². The number of halogens is 1. The summed E-state index contributed by atoms with van der Waals surface area (Å²) >= 11 is 0. The Hall–Kier alpha value is -2.78. The number of rotatable bonds is 6. The van der Waals surface area contributed by atoms with Gasteiger partial charge < -0.3 is 9.80 Å². The second-order valence-electron chi connectivity index (χ2n) is 8.23. The van der Waals surface area contributed by atoms with Gasteiger partial charge in [-0.25, -0.2) is 12.8 Å². The highest BCUT2D eigenvalue weighted by atomic mass is 32.2. The summed E-state index contributed by atoms with van der Waals surface area (Å²) in [6.45, 7) is 2.99. The van der Waals surface area contributed by atoms with Crippen LogP contribution in [0, 0.1) is 5.82 Å². The van der Waals surface area contributed by atoms with Crippen LogP contribution in [0.15, 0.2) is 53.4 Å². The number of hydrogen-bond donors (Lipinski definition) is 0. The van der Waals surface area contributed by atoms with Crippen LogP contribution < -0.4 is 0 Å². The standard InChI is InChI=1S/C23H26FN3O4S/c1-17(28)25-11-13-26(14-12-25)32(30,31)22-9-5-19(6-10-22)23(29)27(21-7-8-21)16-18-3-2-4-20(24)15-18/h2-6,9-10,15,21H,7-8,11-14,16H2,1H3. The molecule has 1 aliphatic carbocycles. The Morgan fingerprint density at radius 1 is 1.03 bits per heavy atom. The number of carbonyl (C=O) groups is 2. The minimum Gasteiger partial charge on any atom is -0.340 e. The van der Waals surface area contributed by atoms with Gasteiger partial charge in [0.15, 0.2) is 0 Å². The monoisotopic (exact) mass is 459 g/mol. The van der Waals surface area contributed by atoms with Crippen molar-refractivity contribution < 1.29 is 22.4 Å². The lowest BCUT2D eigenvalue weighted by molar-refractivity contribution is -0.129. The van der Waals surface area contributed by atoms with Crippen molar-refractivity contribution in [2.45, 2.75) is 37.2 Å². The Bertz CT molecular complexity index is 1110. The highest BCUT2D eigenvalue weighted by Gasteiger charge is 2.34. The van der Waals surface area contributed by atoms with E-state index in [0.29, 0.717) is 30.8 Å². The minimum atomic E-state index is -3.70. The number of sulfonamides is 1. The summed E-state index contributed by atoms with van der Waals surface area (Å²) in [4.78, 5) is 28.0. The van der Waals surface area contributed by atoms with E-state index in [0.717, 1.165) is 12.8 Å². The lowest BCUT2D eigenvalue weighted by Crippen LogP contribution is -2.49. The van der Waals surface area contributed by atoms with Crippen LogP contribution in [0.2, 0.25) is 0 Å². The van der Waals surface area contributed by atoms with Crippen molar-refractivity contribution in [3.8, 4) is 0 Å². The first-order valence-electron chi connectivity index (χ1n) is 10.7. The van der Waals surface area contributed by atoms with Crippen molar-refractivity contribution in [2.75, 3.05) is 26.2 Å². The molecular formula is C23H26FN3O4S. The van der Waals surface area contributed by atoms with E-state index < -0.39 is 10.0 Å². The average molecular weight is 460 g/mol. The van der Waals surface area contributed by atoms with Crippen molar-refractivity contribution in [3.05, 3.63) is 65.5 Å². The molecule has 2 fully saturated rings. The zero-order valence-electron chi connectivity index (χ0n) is 17.9. The van der Waals surface area contributed by atoms with Crippen LogP contribution in [0.5, 0.6) is 0 Å². The van der Waals surface area contributed by atoms with E-state index in [9.17, 15) is 22.4 Å². The number of piperazine rings is 1. The highest BCUT2D eigenvalue weighted by Crippen LogP contribution is 2.30. The van der Waals surface area contributed by atoms with Crippen LogP contribution >= 0.6 is 0 Å². The molecule has 0 unspecified atom stereocenters. The Morgan fingerprint density at radius 3 is 2.25 bits per heavy atom. The molecule has 0 N–H and O–H groups in total. The summed E-state index contributed by atoms with van der Waals surface area (Å²) in [7, 11) is -3.70. The fourth-order valence-corrected chi connectivity index (χ4v) is 5.33. The molecule has 170 valence electrons. The third-order valence-corrected chi connectivity index (χ3v) is 7.83. The van der Waals surface area contributed by atoms with Gasteiger partial charge in [0.25, 0.3) is 5.91 Å². The molecule has 1 saturated carbocycles. The molecule has 32 heavy (non-hydrogen) atoms. The third-order valence-electron chi connectivity index (χ3n) is 5.91. The zero-order valence-corrected chi connectivity index (χ0v) is 18.7. The van der Waals surface area contributed by atoms with Gasteiger partial charge in [-0.05, 0) is 54.8 Å². The number of nitrogens with zero attached hydrogens (tertiary/aromatic N) is 3. The number of benzene rings is 2. The van der Waals surface area contributed by atoms with Crippen LogP contribution in [0.4, 0.5) is 4.39 Å². The molecule has 2 amide bonds. The molecule has 0 spiro atoms. The Balaban J connectivity index is 1.47. The zero-order chi connectivity index (χ0) is 22.9. The van der Waals surface area contributed by atoms with Gasteiger partial charge in [0.2, 0.25) is 15.9 Å². The van der Waals surface area contributed by atoms with E-state index >= 15 is 0 Å². The second-order valence-corrected chi connectivity index (χ2v) is 10.2. The topological polar surface area (TPSA) is 78.0 Å². The molecular weight excluding hydrogens is 433 g/mol. The summed E-state index contributed by atoms with van der Waals surface area (Å²) in [5.41, 5.74) is 1.11. The van der Waals surface area contributed by atoms with Gasteiger partial charge in [-0.1, -0.05) is 12.1 Å². The normalized spacial score (nSPS) is 17.2. The summed E-state index contributed by atoms with van der Waals surface area (Å²) in [5, 5.41) is 0. The molecule has 0 radical (unpaired) electrons. The van der Waals surface area contributed by atoms with E-state index in [1.807, 2.05) is 0 Å². The lowest BCUT2D eigenvalue weighted by Gasteiger charge is -2.33. The van der Waals surface area contributed by atoms with E-state index in [-0.39, 0.29) is 41.7 Å². The van der Waals surface area contributed by atoms with Crippen molar-refractivity contribution in [1.82, 2.24) is 14.1 Å². The van der Waals surface area contributed by atoms with E-state index in [4.69, 9.17) is 0 Å². The van der Waals surface area contributed by atoms with Gasteiger partial charge in [0.05, 0.1) is 4.90 Å². The van der Waals surface area contributed by atoms with E-state index in [1.165, 1.54) is 47.6 Å². The molecule has 0 atom stereocenters. The fourth-order valence-electron chi connectivity index (χ4n) is 3.91. The molecule has 2 aliphatic rings. The third kappa shape index (κ3) is 4.83. The Morgan fingerprint density at radius 2 is 1.69 bits per heavy atom. The SMILES string of the molecule is CC(=O)N1CCN(S(=O)(=O)c2ccc(C(=O)N(Cc3cccc(F)c3)C3CC3)cc2)CC1. The Kier molecular flexibility index (Phi) is 6.30. The maximum Gasteiger partial charge on any atom is 0.254 e. The molecule has 0 aromatic heterocycles. The molecule has 1 saturated heterocycles. The molecule has 1 aliphatic heterocycles. The summed E-state index contributed by atoms with van der Waals surface area (Å²) in [6.07, 6.45) is 1.81. The van der Waals surface area contributed by atoms with Crippen molar-refractivity contribution in [3.63, 3.8) is 0 Å². The lowest BCUT2D eigenvalue weighted by atomic mass is 10.1. The van der Waals surface area contributed by atoms with Crippen molar-refractivity contribution in [1.29, 1.82) is 0 Å². The van der Waals surface area contributed by atoms with Crippen LogP contribution in [0.3, 0.4) is 0 Å². The summed E-state index contributed by atoms with van der Waals surface area (Å²) in [5.74, 6) is -0.608. The van der Waals surface area contributed by atoms with Gasteiger partial charge in [0, 0.05) is 51.3 Å². The van der Waals surface area contributed by atoms with Crippen LogP contribution in [-0.4, -0.2) is 66.6 Å². The van der Waals surface area contributed by atoms with Gasteiger partial charge in [-0.15, -0.1) is 0 Å². The summed E-state index contributed by atoms with van der Waals surface area (Å²) < 4.78 is 40.8. The average Bonchev–Trinajstić information content (AvgIpc) is 3.62. The predicted molar refractivity (Wildman–Crippen MR) is 117 cm³/mol. The minimum absolute atomic E-state index is 0.0663. The quantitative estimate of drug-likeness (QED) is 0.665. The van der Waals surface area contributed by atoms with Gasteiger partial charge in [-0.3, -0.25) is 9.59 Å². The maximum absolute atomic E-state index is 13.5. The number of hydrogen-bond acceptors (Lipinski definition) is 4. The molecule has 2 aromatic carbocycles. The van der Waals surface area contributed by atoms with Gasteiger partial charge >= 0.3 is 0 Å². The molecule has 2 aromatic rings. The van der Waals surface area contributed by atoms with Crippen molar-refractivity contribution in [2.24, 2.45) is 0 Å². The van der Waals surface area contributed by atoms with E-state index in [2.05, 4.69) is 0 Å². The maximum atomic E-state index is 13.5. The van der Waals surface area contributed by atoms with Crippen LogP contribution in [-0.2, 0) is 21.4 Å². The fraction of sp³-hybridized carbons (Fsp3) is 0.391. The van der Waals surface area contributed by atoms with Crippen LogP contribution in [0.1, 0.15) is 35.7 Å². The molecule has 0 bridgehead atoms. The number of carbonyl (C=O) groups excluding carboxylic acids is 2. The first-order chi connectivity index (χ1) is 15.3. The van der Waals surface area contributed by atoms with E-state index in [1.54, 1.807) is 21.9 Å². The molecule has 1 heterocycles. The predicted octanol–water partition coefficient (Wildman–Crippen LogP) is 2.48. The molecule has 7 nitrogen and oxygen atoms in total. The van der Waals surface area contributed by atoms with Crippen LogP contribution in [0.25, 0.3) is 0 Å². The first-order valence-corrected chi connectivity index (χ1v) is 12.1.